The maximum absolute atomic E-state index is 12.5. The van der Waals surface area contributed by atoms with Gasteiger partial charge in [0.1, 0.15) is 0 Å². The molecule has 0 aliphatic rings. The van der Waals surface area contributed by atoms with Crippen LogP contribution in [0.15, 0.2) is 41.3 Å². The highest BCUT2D eigenvalue weighted by Crippen LogP contribution is 2.29. The lowest BCUT2D eigenvalue weighted by Crippen LogP contribution is -2.15. The van der Waals surface area contributed by atoms with Gasteiger partial charge < -0.3 is 0 Å². The monoisotopic (exact) mass is 340 g/mol. The van der Waals surface area contributed by atoms with Gasteiger partial charge in [-0.3, -0.25) is 14.8 Å². The molecule has 0 heterocycles. The van der Waals surface area contributed by atoms with E-state index in [1.54, 1.807) is 32.0 Å². The van der Waals surface area contributed by atoms with Gasteiger partial charge in [0.25, 0.3) is 15.7 Å². The molecular formula is C14H13ClN2O4S. The third kappa shape index (κ3) is 3.20. The summed E-state index contributed by atoms with van der Waals surface area (Å²) in [5.41, 5.74) is 0.911. The summed E-state index contributed by atoms with van der Waals surface area (Å²) in [6.45, 7) is 3.22. The Balaban J connectivity index is 2.54. The average molecular weight is 341 g/mol. The Morgan fingerprint density at radius 3 is 2.41 bits per heavy atom. The smallest absolute Gasteiger partial charge is 0.271 e. The lowest BCUT2D eigenvalue weighted by molar-refractivity contribution is -0.385. The minimum atomic E-state index is -3.98. The third-order valence-electron chi connectivity index (χ3n) is 3.22. The van der Waals surface area contributed by atoms with Crippen LogP contribution >= 0.6 is 11.6 Å². The zero-order chi connectivity index (χ0) is 16.5. The van der Waals surface area contributed by atoms with E-state index in [0.29, 0.717) is 11.1 Å². The third-order valence-corrected chi connectivity index (χ3v) is 5.04. The molecule has 0 spiro atoms. The first kappa shape index (κ1) is 16.3. The maximum atomic E-state index is 12.5. The van der Waals surface area contributed by atoms with Gasteiger partial charge >= 0.3 is 0 Å². The zero-order valence-corrected chi connectivity index (χ0v) is 13.4. The van der Waals surface area contributed by atoms with E-state index in [1.807, 2.05) is 0 Å². The van der Waals surface area contributed by atoms with Crippen molar-refractivity contribution in [2.24, 2.45) is 0 Å². The minimum Gasteiger partial charge on any atom is -0.278 e. The lowest BCUT2D eigenvalue weighted by atomic mass is 10.1. The highest BCUT2D eigenvalue weighted by atomic mass is 35.5. The molecule has 2 aromatic carbocycles. The second-order valence-electron chi connectivity index (χ2n) is 4.73. The molecule has 116 valence electrons. The number of benzene rings is 2. The highest BCUT2D eigenvalue weighted by Gasteiger charge is 2.23. The van der Waals surface area contributed by atoms with Crippen LogP contribution in [0.25, 0.3) is 0 Å². The second-order valence-corrected chi connectivity index (χ2v) is 6.79. The van der Waals surface area contributed by atoms with E-state index in [0.717, 1.165) is 6.07 Å². The molecule has 0 aromatic heterocycles. The lowest BCUT2D eigenvalue weighted by Gasteiger charge is -2.12. The Morgan fingerprint density at radius 1 is 1.18 bits per heavy atom. The average Bonchev–Trinajstić information content (AvgIpc) is 2.43. The normalized spacial score (nSPS) is 11.2. The second kappa shape index (κ2) is 5.94. The van der Waals surface area contributed by atoms with Gasteiger partial charge in [0.2, 0.25) is 0 Å². The largest absolute Gasteiger partial charge is 0.278 e. The molecule has 2 aromatic rings. The first-order chi connectivity index (χ1) is 10.2. The van der Waals surface area contributed by atoms with Crippen LogP contribution in [0.4, 0.5) is 11.4 Å². The molecule has 2 rings (SSSR count). The van der Waals surface area contributed by atoms with Crippen molar-refractivity contribution in [1.29, 1.82) is 0 Å². The molecule has 0 aliphatic heterocycles. The summed E-state index contributed by atoms with van der Waals surface area (Å²) < 4.78 is 27.4. The number of aryl methyl sites for hydroxylation is 1. The van der Waals surface area contributed by atoms with Gasteiger partial charge in [0.05, 0.1) is 20.5 Å². The zero-order valence-electron chi connectivity index (χ0n) is 11.8. The fraction of sp³-hybridized carbons (Fsp3) is 0.143. The van der Waals surface area contributed by atoms with E-state index in [9.17, 15) is 18.5 Å². The predicted octanol–water partition coefficient (Wildman–Crippen LogP) is 3.67. The number of hydrogen-bond acceptors (Lipinski definition) is 4. The van der Waals surface area contributed by atoms with Gasteiger partial charge in [0, 0.05) is 12.1 Å². The van der Waals surface area contributed by atoms with Crippen molar-refractivity contribution < 1.29 is 13.3 Å². The Bertz CT molecular complexity index is 850. The number of nitro groups is 1. The number of halogens is 1. The summed E-state index contributed by atoms with van der Waals surface area (Å²) >= 11 is 5.94. The van der Waals surface area contributed by atoms with Crippen molar-refractivity contribution in [3.05, 3.63) is 62.7 Å². The first-order valence-corrected chi connectivity index (χ1v) is 8.11. The van der Waals surface area contributed by atoms with Crippen molar-refractivity contribution in [3.8, 4) is 0 Å². The number of anilines is 1. The Kier molecular flexibility index (Phi) is 4.39. The summed E-state index contributed by atoms with van der Waals surface area (Å²) in [6.07, 6.45) is 0. The van der Waals surface area contributed by atoms with Crippen molar-refractivity contribution in [2.75, 3.05) is 4.72 Å². The van der Waals surface area contributed by atoms with Crippen LogP contribution in [0.1, 0.15) is 11.1 Å². The molecule has 6 nitrogen and oxygen atoms in total. The number of sulfonamides is 1. The van der Waals surface area contributed by atoms with E-state index in [1.165, 1.54) is 12.1 Å². The predicted molar refractivity (Wildman–Crippen MR) is 84.8 cm³/mol. The van der Waals surface area contributed by atoms with Crippen LogP contribution in [0, 0.1) is 24.0 Å². The van der Waals surface area contributed by atoms with Crippen molar-refractivity contribution >= 4 is 33.0 Å². The quantitative estimate of drug-likeness (QED) is 0.679. The molecule has 0 saturated carbocycles. The molecule has 1 N–H and O–H groups in total. The van der Waals surface area contributed by atoms with Crippen LogP contribution < -0.4 is 4.72 Å². The topological polar surface area (TPSA) is 89.3 Å². The van der Waals surface area contributed by atoms with Crippen molar-refractivity contribution in [2.45, 2.75) is 18.7 Å². The summed E-state index contributed by atoms with van der Waals surface area (Å²) in [6, 6.07) is 8.74. The highest BCUT2D eigenvalue weighted by molar-refractivity contribution is 7.92. The summed E-state index contributed by atoms with van der Waals surface area (Å²) in [7, 11) is -3.98. The molecule has 0 bridgehead atoms. The molecule has 0 saturated heterocycles. The Hall–Kier alpha value is -2.12. The van der Waals surface area contributed by atoms with Crippen LogP contribution in [0.5, 0.6) is 0 Å². The minimum absolute atomic E-state index is 0.140. The molecule has 22 heavy (non-hydrogen) atoms. The number of nitro benzene ring substituents is 1. The van der Waals surface area contributed by atoms with E-state index in [-0.39, 0.29) is 21.3 Å². The van der Waals surface area contributed by atoms with Crippen LogP contribution in [-0.2, 0) is 10.0 Å². The number of non-ortho nitro benzene ring substituents is 1. The van der Waals surface area contributed by atoms with Gasteiger partial charge in [-0.2, -0.15) is 0 Å². The number of hydrogen-bond donors (Lipinski definition) is 1. The first-order valence-electron chi connectivity index (χ1n) is 6.25. The van der Waals surface area contributed by atoms with E-state index >= 15 is 0 Å². The standard InChI is InChI=1S/C14H13ClN2O4S/c1-9-7-11(17(18)19)8-14(10(9)2)22(20,21)16-13-6-4-3-5-12(13)15/h3-8,16H,1-2H3. The molecular weight excluding hydrogens is 328 g/mol. The van der Waals surface area contributed by atoms with Crippen LogP contribution in [-0.4, -0.2) is 13.3 Å². The van der Waals surface area contributed by atoms with Crippen LogP contribution in [0.2, 0.25) is 5.02 Å². The van der Waals surface area contributed by atoms with E-state index in [2.05, 4.69) is 4.72 Å². The number of nitrogens with one attached hydrogen (secondary N) is 1. The van der Waals surface area contributed by atoms with Crippen LogP contribution in [0.3, 0.4) is 0 Å². The fourth-order valence-electron chi connectivity index (χ4n) is 1.94. The fourth-order valence-corrected chi connectivity index (χ4v) is 3.59. The van der Waals surface area contributed by atoms with Crippen molar-refractivity contribution in [3.63, 3.8) is 0 Å². The number of para-hydroxylation sites is 1. The SMILES string of the molecule is Cc1cc([N+](=O)[O-])cc(S(=O)(=O)Nc2ccccc2Cl)c1C. The van der Waals surface area contributed by atoms with Gasteiger partial charge in [-0.05, 0) is 37.1 Å². The van der Waals surface area contributed by atoms with Crippen molar-refractivity contribution in [1.82, 2.24) is 0 Å². The number of rotatable bonds is 4. The maximum Gasteiger partial charge on any atom is 0.271 e. The van der Waals surface area contributed by atoms with E-state index in [4.69, 9.17) is 11.6 Å². The Labute approximate surface area is 132 Å². The van der Waals surface area contributed by atoms with E-state index < -0.39 is 14.9 Å². The van der Waals surface area contributed by atoms with Gasteiger partial charge in [0.15, 0.2) is 0 Å². The molecule has 0 unspecified atom stereocenters. The molecule has 0 amide bonds. The summed E-state index contributed by atoms with van der Waals surface area (Å²) in [5, 5.41) is 11.2. The van der Waals surface area contributed by atoms with Gasteiger partial charge in [-0.25, -0.2) is 8.42 Å². The van der Waals surface area contributed by atoms with Gasteiger partial charge in [-0.1, -0.05) is 23.7 Å². The molecule has 0 radical (unpaired) electrons. The number of nitrogens with zero attached hydrogens (tertiary/aromatic N) is 1. The van der Waals surface area contributed by atoms with Gasteiger partial charge in [-0.15, -0.1) is 0 Å². The Morgan fingerprint density at radius 2 is 1.82 bits per heavy atom. The molecule has 0 fully saturated rings. The summed E-state index contributed by atoms with van der Waals surface area (Å²) in [4.78, 5) is 10.2. The molecule has 8 heteroatoms. The summed E-state index contributed by atoms with van der Waals surface area (Å²) in [5.74, 6) is 0. The molecule has 0 aliphatic carbocycles. The molecule has 0 atom stereocenters.